The molecule has 2 heterocycles. The fourth-order valence-electron chi connectivity index (χ4n) is 5.05. The fourth-order valence-corrected chi connectivity index (χ4v) is 5.05. The Hall–Kier alpha value is -2.57. The van der Waals surface area contributed by atoms with Crippen LogP contribution in [-0.4, -0.2) is 65.8 Å². The molecule has 2 aromatic carbocycles. The van der Waals surface area contributed by atoms with E-state index < -0.39 is 5.60 Å². The Morgan fingerprint density at radius 3 is 2.54 bits per heavy atom. The van der Waals surface area contributed by atoms with Crippen LogP contribution >= 0.6 is 0 Å². The Kier molecular flexibility index (Phi) is 8.69. The van der Waals surface area contributed by atoms with Gasteiger partial charge in [-0.15, -0.1) is 0 Å². The first-order valence-corrected chi connectivity index (χ1v) is 13.0. The molecule has 190 valence electrons. The molecule has 0 aliphatic carbocycles. The highest BCUT2D eigenvalue weighted by molar-refractivity contribution is 5.77. The van der Waals surface area contributed by atoms with Crippen LogP contribution in [0.5, 0.6) is 11.5 Å². The third-order valence-corrected chi connectivity index (χ3v) is 7.18. The van der Waals surface area contributed by atoms with Crippen LogP contribution in [0.4, 0.5) is 0 Å². The van der Waals surface area contributed by atoms with E-state index in [1.807, 2.05) is 36.1 Å². The fraction of sp³-hybridized carbons (Fsp3) is 0.552. The average Bonchev–Trinajstić information content (AvgIpc) is 3.15. The van der Waals surface area contributed by atoms with Crippen molar-refractivity contribution in [2.24, 2.45) is 0 Å². The summed E-state index contributed by atoms with van der Waals surface area (Å²) in [4.78, 5) is 16.0. The molecule has 35 heavy (non-hydrogen) atoms. The summed E-state index contributed by atoms with van der Waals surface area (Å²) < 4.78 is 11.9. The summed E-state index contributed by atoms with van der Waals surface area (Å²) in [6, 6.07) is 14.5. The van der Waals surface area contributed by atoms with Crippen molar-refractivity contribution in [1.82, 2.24) is 9.80 Å². The minimum absolute atomic E-state index is 0.273. The topological polar surface area (TPSA) is 62.2 Å². The molecule has 1 unspecified atom stereocenters. The number of ether oxygens (including phenoxy) is 2. The molecule has 6 nitrogen and oxygen atoms in total. The van der Waals surface area contributed by atoms with E-state index in [0.29, 0.717) is 26.1 Å². The summed E-state index contributed by atoms with van der Waals surface area (Å²) in [5, 5.41) is 11.2. The Labute approximate surface area is 209 Å². The first kappa shape index (κ1) is 25.5. The largest absolute Gasteiger partial charge is 0.494 e. The van der Waals surface area contributed by atoms with Gasteiger partial charge in [-0.3, -0.25) is 9.69 Å². The van der Waals surface area contributed by atoms with Crippen molar-refractivity contribution < 1.29 is 19.4 Å². The van der Waals surface area contributed by atoms with E-state index in [1.54, 1.807) is 0 Å². The van der Waals surface area contributed by atoms with Crippen molar-refractivity contribution in [1.29, 1.82) is 0 Å². The maximum Gasteiger partial charge on any atom is 0.222 e. The molecular weight excluding hydrogens is 440 g/mol. The van der Waals surface area contributed by atoms with Gasteiger partial charge in [0.15, 0.2) is 0 Å². The quantitative estimate of drug-likeness (QED) is 0.508. The van der Waals surface area contributed by atoms with E-state index in [1.165, 1.54) is 11.1 Å². The molecule has 1 N–H and O–H groups in total. The normalized spacial score (nSPS) is 21.2. The number of amides is 1. The molecule has 0 aromatic heterocycles. The number of rotatable bonds is 10. The maximum atomic E-state index is 11.7. The van der Waals surface area contributed by atoms with E-state index in [-0.39, 0.29) is 5.91 Å². The van der Waals surface area contributed by atoms with Crippen molar-refractivity contribution >= 4 is 5.91 Å². The number of aliphatic hydroxyl groups is 1. The predicted octanol–water partition coefficient (Wildman–Crippen LogP) is 4.49. The van der Waals surface area contributed by atoms with Gasteiger partial charge in [0.05, 0.1) is 12.2 Å². The number of hydrogen-bond donors (Lipinski definition) is 1. The lowest BCUT2D eigenvalue weighted by Crippen LogP contribution is -2.37. The third-order valence-electron chi connectivity index (χ3n) is 7.18. The lowest BCUT2D eigenvalue weighted by molar-refractivity contribution is -0.127. The Morgan fingerprint density at radius 2 is 1.80 bits per heavy atom. The second-order valence-corrected chi connectivity index (χ2v) is 10.2. The van der Waals surface area contributed by atoms with Crippen LogP contribution in [0.15, 0.2) is 42.5 Å². The molecule has 0 spiro atoms. The molecule has 2 aliphatic rings. The van der Waals surface area contributed by atoms with Gasteiger partial charge in [0.25, 0.3) is 0 Å². The van der Waals surface area contributed by atoms with Crippen LogP contribution in [0.1, 0.15) is 55.2 Å². The number of carbonyl (C=O) groups excluding carboxylic acids is 1. The van der Waals surface area contributed by atoms with Gasteiger partial charge >= 0.3 is 0 Å². The van der Waals surface area contributed by atoms with Gasteiger partial charge in [-0.05, 0) is 81.8 Å². The van der Waals surface area contributed by atoms with Crippen LogP contribution in [0, 0.1) is 13.8 Å². The number of nitrogens with zero attached hydrogens (tertiary/aromatic N) is 2. The number of aryl methyl sites for hydroxylation is 2. The second-order valence-electron chi connectivity index (χ2n) is 10.2. The van der Waals surface area contributed by atoms with E-state index in [9.17, 15) is 9.90 Å². The van der Waals surface area contributed by atoms with Crippen LogP contribution < -0.4 is 9.47 Å². The maximum absolute atomic E-state index is 11.7. The van der Waals surface area contributed by atoms with Gasteiger partial charge in [0.1, 0.15) is 18.1 Å². The van der Waals surface area contributed by atoms with E-state index in [4.69, 9.17) is 9.47 Å². The summed E-state index contributed by atoms with van der Waals surface area (Å²) in [5.74, 6) is 2.00. The molecule has 1 amide bonds. The summed E-state index contributed by atoms with van der Waals surface area (Å²) in [7, 11) is 0. The van der Waals surface area contributed by atoms with Crippen molar-refractivity contribution in [2.45, 2.75) is 64.5 Å². The van der Waals surface area contributed by atoms with E-state index in [0.717, 1.165) is 75.5 Å². The number of likely N-dealkylation sites (tertiary alicyclic amines) is 2. The van der Waals surface area contributed by atoms with Gasteiger partial charge in [0, 0.05) is 32.6 Å². The molecule has 2 fully saturated rings. The van der Waals surface area contributed by atoms with E-state index in [2.05, 4.69) is 30.0 Å². The molecular formula is C29H40N2O4. The van der Waals surface area contributed by atoms with Gasteiger partial charge < -0.3 is 19.5 Å². The minimum atomic E-state index is -0.788. The molecule has 2 aliphatic heterocycles. The van der Waals surface area contributed by atoms with Crippen molar-refractivity contribution in [3.8, 4) is 11.5 Å². The monoisotopic (exact) mass is 480 g/mol. The number of benzene rings is 2. The van der Waals surface area contributed by atoms with Crippen LogP contribution in [0.2, 0.25) is 0 Å². The van der Waals surface area contributed by atoms with Gasteiger partial charge in [-0.2, -0.15) is 0 Å². The highest BCUT2D eigenvalue weighted by Crippen LogP contribution is 2.27. The zero-order chi connectivity index (χ0) is 24.7. The molecule has 2 saturated heterocycles. The van der Waals surface area contributed by atoms with Gasteiger partial charge in [-0.1, -0.05) is 29.8 Å². The molecule has 2 aromatic rings. The zero-order valence-corrected chi connectivity index (χ0v) is 21.3. The standard InChI is InChI=1S/C29H40N2O4/c1-23-7-12-27(24(2)20-23)35-22-29(33)13-4-15-30(18-14-29)21-25-8-10-26(11-9-25)34-19-5-17-31-16-3-6-28(31)32/h7-12,20,33H,3-6,13-19,21-22H2,1-2H3. The lowest BCUT2D eigenvalue weighted by atomic mass is 9.96. The number of carbonyl (C=O) groups is 1. The number of hydrogen-bond acceptors (Lipinski definition) is 5. The highest BCUT2D eigenvalue weighted by Gasteiger charge is 2.31. The summed E-state index contributed by atoms with van der Waals surface area (Å²) in [6.45, 7) is 9.44. The van der Waals surface area contributed by atoms with E-state index >= 15 is 0 Å². The molecule has 6 heteroatoms. The molecule has 4 rings (SSSR count). The Balaban J connectivity index is 1.19. The molecule has 0 bridgehead atoms. The van der Waals surface area contributed by atoms with Crippen molar-refractivity contribution in [3.05, 3.63) is 59.2 Å². The molecule has 0 radical (unpaired) electrons. The third kappa shape index (κ3) is 7.45. The predicted molar refractivity (Wildman–Crippen MR) is 138 cm³/mol. The first-order valence-electron chi connectivity index (χ1n) is 13.0. The van der Waals surface area contributed by atoms with Crippen LogP contribution in [0.3, 0.4) is 0 Å². The second kappa shape index (κ2) is 11.9. The van der Waals surface area contributed by atoms with Crippen LogP contribution in [0.25, 0.3) is 0 Å². The van der Waals surface area contributed by atoms with Crippen LogP contribution in [-0.2, 0) is 11.3 Å². The van der Waals surface area contributed by atoms with Crippen molar-refractivity contribution in [2.75, 3.05) is 39.4 Å². The molecule has 0 saturated carbocycles. The first-order chi connectivity index (χ1) is 16.9. The Bertz CT molecular complexity index is 977. The highest BCUT2D eigenvalue weighted by atomic mass is 16.5. The SMILES string of the molecule is Cc1ccc(OCC2(O)CCCN(Cc3ccc(OCCCN4CCCC4=O)cc3)CC2)c(C)c1. The zero-order valence-electron chi connectivity index (χ0n) is 21.3. The molecule has 1 atom stereocenters. The lowest BCUT2D eigenvalue weighted by Gasteiger charge is -2.27. The van der Waals surface area contributed by atoms with Gasteiger partial charge in [-0.25, -0.2) is 0 Å². The summed E-state index contributed by atoms with van der Waals surface area (Å²) >= 11 is 0. The average molecular weight is 481 g/mol. The smallest absolute Gasteiger partial charge is 0.222 e. The summed E-state index contributed by atoms with van der Waals surface area (Å²) in [6.07, 6.45) is 4.95. The van der Waals surface area contributed by atoms with Crippen molar-refractivity contribution in [3.63, 3.8) is 0 Å². The Morgan fingerprint density at radius 1 is 0.971 bits per heavy atom. The minimum Gasteiger partial charge on any atom is -0.494 e. The summed E-state index contributed by atoms with van der Waals surface area (Å²) in [5.41, 5.74) is 2.78. The van der Waals surface area contributed by atoms with Gasteiger partial charge in [0.2, 0.25) is 5.91 Å².